The summed E-state index contributed by atoms with van der Waals surface area (Å²) < 4.78 is 0. The molecule has 0 N–H and O–H groups in total. The van der Waals surface area contributed by atoms with E-state index in [0.717, 1.165) is 0 Å². The molecule has 0 aliphatic heterocycles. The first-order chi connectivity index (χ1) is 10.3. The minimum absolute atomic E-state index is 0.127. The molecule has 21 heavy (non-hydrogen) atoms. The van der Waals surface area contributed by atoms with Crippen LogP contribution in [0.2, 0.25) is 0 Å². The van der Waals surface area contributed by atoms with Gasteiger partial charge in [-0.1, -0.05) is 79.8 Å². The highest BCUT2D eigenvalue weighted by molar-refractivity contribution is 5.98. The number of fused-ring (bicyclic) bond motifs is 4. The number of allylic oxidation sites excluding steroid dienone is 12. The maximum atomic E-state index is 2.41. The molecule has 0 heteroatoms. The Labute approximate surface area is 125 Å². The fourth-order valence-electron chi connectivity index (χ4n) is 4.55. The van der Waals surface area contributed by atoms with Gasteiger partial charge in [0.2, 0.25) is 0 Å². The molecule has 4 aliphatic rings. The van der Waals surface area contributed by atoms with Gasteiger partial charge in [0.1, 0.15) is 0 Å². The standard InChI is InChI=1S/C21H16/c1-21-18-12-6-7-13-19(21)17-11-5-4-10-16(20(17)21)14-8-2-3-9-15(14)18/h2-13,20H,1H3/t20-,21+/m0/s1. The van der Waals surface area contributed by atoms with Gasteiger partial charge >= 0.3 is 0 Å². The molecular weight excluding hydrogens is 252 g/mol. The molecule has 0 nitrogen and oxygen atoms in total. The van der Waals surface area contributed by atoms with Crippen LogP contribution in [0.4, 0.5) is 0 Å². The largest absolute Gasteiger partial charge is 0.0620 e. The molecule has 100 valence electrons. The quantitative estimate of drug-likeness (QED) is 0.614. The lowest BCUT2D eigenvalue weighted by Crippen LogP contribution is -2.46. The Morgan fingerprint density at radius 1 is 0.714 bits per heavy atom. The zero-order chi connectivity index (χ0) is 14.0. The molecule has 0 saturated heterocycles. The van der Waals surface area contributed by atoms with E-state index in [1.165, 1.54) is 33.4 Å². The minimum atomic E-state index is 0.127. The molecule has 1 fully saturated rings. The molecule has 1 aromatic rings. The molecule has 5 rings (SSSR count). The van der Waals surface area contributed by atoms with Gasteiger partial charge in [-0.05, 0) is 33.4 Å². The maximum absolute atomic E-state index is 2.41. The summed E-state index contributed by atoms with van der Waals surface area (Å²) in [4.78, 5) is 0. The zero-order valence-corrected chi connectivity index (χ0v) is 12.0. The van der Waals surface area contributed by atoms with Crippen molar-refractivity contribution in [3.05, 3.63) is 95.1 Å². The normalized spacial score (nSPS) is 30.6. The maximum Gasteiger partial charge on any atom is 0.0293 e. The Hall–Kier alpha value is -2.34. The number of hydrogen-bond acceptors (Lipinski definition) is 0. The molecule has 0 bridgehead atoms. The van der Waals surface area contributed by atoms with Gasteiger partial charge in [0.25, 0.3) is 0 Å². The van der Waals surface area contributed by atoms with Crippen LogP contribution in [0.25, 0.3) is 11.1 Å². The molecule has 1 saturated carbocycles. The van der Waals surface area contributed by atoms with Crippen molar-refractivity contribution in [1.82, 2.24) is 0 Å². The molecule has 1 aromatic carbocycles. The Balaban J connectivity index is 1.94. The van der Waals surface area contributed by atoms with Gasteiger partial charge in [-0.15, -0.1) is 0 Å². The minimum Gasteiger partial charge on any atom is -0.0620 e. The van der Waals surface area contributed by atoms with E-state index in [9.17, 15) is 0 Å². The van der Waals surface area contributed by atoms with Gasteiger partial charge < -0.3 is 0 Å². The predicted molar refractivity (Wildman–Crippen MR) is 88.4 cm³/mol. The van der Waals surface area contributed by atoms with Gasteiger partial charge in [-0.25, -0.2) is 0 Å². The lowest BCUT2D eigenvalue weighted by Gasteiger charge is -2.57. The van der Waals surface area contributed by atoms with Crippen molar-refractivity contribution >= 4 is 11.1 Å². The van der Waals surface area contributed by atoms with E-state index < -0.39 is 0 Å². The van der Waals surface area contributed by atoms with Gasteiger partial charge in [0.05, 0.1) is 0 Å². The number of benzene rings is 1. The highest BCUT2D eigenvalue weighted by Gasteiger charge is 2.57. The zero-order valence-electron chi connectivity index (χ0n) is 12.0. The summed E-state index contributed by atoms with van der Waals surface area (Å²) in [5.74, 6) is 0.500. The lowest BCUT2D eigenvalue weighted by molar-refractivity contribution is 0.366. The smallest absolute Gasteiger partial charge is 0.0293 e. The second kappa shape index (κ2) is 3.65. The van der Waals surface area contributed by atoms with Crippen LogP contribution in [0.3, 0.4) is 0 Å². The summed E-state index contributed by atoms with van der Waals surface area (Å²) in [7, 11) is 0. The third-order valence-electron chi connectivity index (χ3n) is 5.46. The lowest BCUT2D eigenvalue weighted by atomic mass is 9.45. The highest BCUT2D eigenvalue weighted by Crippen LogP contribution is 2.69. The Bertz CT molecular complexity index is 852. The second-order valence-electron chi connectivity index (χ2n) is 6.36. The summed E-state index contributed by atoms with van der Waals surface area (Å²) >= 11 is 0. The molecule has 4 aliphatic carbocycles. The van der Waals surface area contributed by atoms with Crippen molar-refractivity contribution in [2.75, 3.05) is 0 Å². The summed E-state index contributed by atoms with van der Waals surface area (Å²) in [6.45, 7) is 2.41. The van der Waals surface area contributed by atoms with Crippen LogP contribution in [0.15, 0.2) is 84.0 Å². The molecule has 0 heterocycles. The third-order valence-corrected chi connectivity index (χ3v) is 5.46. The molecule has 0 unspecified atom stereocenters. The first kappa shape index (κ1) is 11.3. The molecule has 0 radical (unpaired) electrons. The van der Waals surface area contributed by atoms with E-state index in [4.69, 9.17) is 0 Å². The van der Waals surface area contributed by atoms with Crippen LogP contribution in [-0.2, 0) is 0 Å². The molecule has 0 aromatic heterocycles. The average Bonchev–Trinajstić information content (AvgIpc) is 2.80. The molecule has 0 spiro atoms. The Kier molecular flexibility index (Phi) is 1.97. The topological polar surface area (TPSA) is 0 Å². The predicted octanol–water partition coefficient (Wildman–Crippen LogP) is 5.10. The Morgan fingerprint density at radius 3 is 2.14 bits per heavy atom. The van der Waals surface area contributed by atoms with Crippen LogP contribution in [0.5, 0.6) is 0 Å². The van der Waals surface area contributed by atoms with Crippen molar-refractivity contribution in [2.45, 2.75) is 6.92 Å². The van der Waals surface area contributed by atoms with E-state index in [1.807, 2.05) is 0 Å². The van der Waals surface area contributed by atoms with E-state index in [2.05, 4.69) is 79.8 Å². The third kappa shape index (κ3) is 1.18. The van der Waals surface area contributed by atoms with Crippen molar-refractivity contribution in [2.24, 2.45) is 11.3 Å². The highest BCUT2D eigenvalue weighted by atomic mass is 14.6. The fourth-order valence-corrected chi connectivity index (χ4v) is 4.55. The summed E-state index contributed by atoms with van der Waals surface area (Å²) in [6, 6.07) is 8.86. The number of hydrogen-bond donors (Lipinski definition) is 0. The number of rotatable bonds is 0. The Morgan fingerprint density at radius 2 is 1.33 bits per heavy atom. The fraction of sp³-hybridized carbons (Fsp3) is 0.143. The van der Waals surface area contributed by atoms with Gasteiger partial charge in [0.15, 0.2) is 0 Å². The van der Waals surface area contributed by atoms with Crippen molar-refractivity contribution in [3.63, 3.8) is 0 Å². The van der Waals surface area contributed by atoms with E-state index in [0.29, 0.717) is 5.92 Å². The van der Waals surface area contributed by atoms with Crippen LogP contribution in [0, 0.1) is 11.3 Å². The summed E-state index contributed by atoms with van der Waals surface area (Å²) in [5, 5.41) is 0. The van der Waals surface area contributed by atoms with E-state index in [-0.39, 0.29) is 5.41 Å². The van der Waals surface area contributed by atoms with Crippen LogP contribution >= 0.6 is 0 Å². The molecule has 2 atom stereocenters. The average molecular weight is 268 g/mol. The second-order valence-corrected chi connectivity index (χ2v) is 6.36. The van der Waals surface area contributed by atoms with E-state index in [1.54, 1.807) is 0 Å². The van der Waals surface area contributed by atoms with Crippen LogP contribution in [-0.4, -0.2) is 0 Å². The van der Waals surface area contributed by atoms with Gasteiger partial charge in [0, 0.05) is 11.3 Å². The summed E-state index contributed by atoms with van der Waals surface area (Å²) in [6.07, 6.45) is 18.0. The van der Waals surface area contributed by atoms with Crippen LogP contribution < -0.4 is 0 Å². The van der Waals surface area contributed by atoms with Crippen molar-refractivity contribution < 1.29 is 0 Å². The van der Waals surface area contributed by atoms with Crippen molar-refractivity contribution in [3.8, 4) is 0 Å². The monoisotopic (exact) mass is 268 g/mol. The van der Waals surface area contributed by atoms with Gasteiger partial charge in [-0.2, -0.15) is 0 Å². The molecule has 0 amide bonds. The summed E-state index contributed by atoms with van der Waals surface area (Å²) in [5.41, 5.74) is 8.85. The SMILES string of the molecule is C[C@]12C3=CC=CC=C1c1ccccc1C1=CC=CC=C3[C@H]12. The van der Waals surface area contributed by atoms with E-state index >= 15 is 0 Å². The van der Waals surface area contributed by atoms with Crippen molar-refractivity contribution in [1.29, 1.82) is 0 Å². The van der Waals surface area contributed by atoms with Gasteiger partial charge in [-0.3, -0.25) is 0 Å². The first-order valence-corrected chi connectivity index (χ1v) is 7.60. The van der Waals surface area contributed by atoms with Crippen LogP contribution in [0.1, 0.15) is 18.1 Å². The molecular formula is C21H16. The first-order valence-electron chi connectivity index (χ1n) is 7.60.